The summed E-state index contributed by atoms with van der Waals surface area (Å²) < 4.78 is 0. The molecule has 0 heterocycles. The summed E-state index contributed by atoms with van der Waals surface area (Å²) in [7, 11) is 1.69. The Balaban J connectivity index is 4.26. The van der Waals surface area contributed by atoms with Crippen LogP contribution in [0, 0.1) is 5.92 Å². The third-order valence-electron chi connectivity index (χ3n) is 2.99. The summed E-state index contributed by atoms with van der Waals surface area (Å²) >= 11 is 0. The van der Waals surface area contributed by atoms with Gasteiger partial charge in [0.1, 0.15) is 0 Å². The number of carbonyl (C=O) groups excluding carboxylic acids is 2. The van der Waals surface area contributed by atoms with Gasteiger partial charge >= 0.3 is 0 Å². The van der Waals surface area contributed by atoms with Crippen LogP contribution in [0.15, 0.2) is 0 Å². The Bertz CT molecular complexity index is 265. The first-order chi connectivity index (χ1) is 8.47. The minimum absolute atomic E-state index is 0.00602. The lowest BCUT2D eigenvalue weighted by Gasteiger charge is -2.25. The molecule has 1 atom stereocenters. The van der Waals surface area contributed by atoms with Gasteiger partial charge in [0.05, 0.1) is 6.54 Å². The summed E-state index contributed by atoms with van der Waals surface area (Å²) in [6.07, 6.45) is 0. The predicted octanol–water partition coefficient (Wildman–Crippen LogP) is 0.559. The monoisotopic (exact) mass is 257 g/mol. The van der Waals surface area contributed by atoms with Crippen LogP contribution in [0.3, 0.4) is 0 Å². The SMILES string of the molecule is CCNCC(C)C(=O)N(C)CC(=O)N(CC)CC. The van der Waals surface area contributed by atoms with Crippen molar-refractivity contribution in [2.24, 2.45) is 5.92 Å². The lowest BCUT2D eigenvalue weighted by molar-refractivity contribution is -0.141. The van der Waals surface area contributed by atoms with Gasteiger partial charge in [0.25, 0.3) is 0 Å². The van der Waals surface area contributed by atoms with Crippen molar-refractivity contribution in [3.63, 3.8) is 0 Å². The van der Waals surface area contributed by atoms with Crippen LogP contribution in [-0.2, 0) is 9.59 Å². The maximum absolute atomic E-state index is 12.0. The Labute approximate surface area is 111 Å². The van der Waals surface area contributed by atoms with E-state index < -0.39 is 0 Å². The third kappa shape index (κ3) is 5.49. The molecule has 0 spiro atoms. The fourth-order valence-electron chi connectivity index (χ4n) is 1.78. The smallest absolute Gasteiger partial charge is 0.242 e. The van der Waals surface area contributed by atoms with Gasteiger partial charge in [0.15, 0.2) is 0 Å². The van der Waals surface area contributed by atoms with E-state index in [0.717, 1.165) is 6.54 Å². The summed E-state index contributed by atoms with van der Waals surface area (Å²) in [5.41, 5.74) is 0. The Morgan fingerprint density at radius 1 is 1.17 bits per heavy atom. The summed E-state index contributed by atoms with van der Waals surface area (Å²) in [4.78, 5) is 27.1. The first-order valence-corrected chi connectivity index (χ1v) is 6.71. The highest BCUT2D eigenvalue weighted by molar-refractivity contribution is 5.85. The topological polar surface area (TPSA) is 52.7 Å². The van der Waals surface area contributed by atoms with Crippen LogP contribution < -0.4 is 5.32 Å². The van der Waals surface area contributed by atoms with Crippen molar-refractivity contribution in [1.29, 1.82) is 0 Å². The average Bonchev–Trinajstić information content (AvgIpc) is 2.36. The van der Waals surface area contributed by atoms with Crippen molar-refractivity contribution in [3.8, 4) is 0 Å². The molecule has 0 fully saturated rings. The van der Waals surface area contributed by atoms with Gasteiger partial charge in [-0.1, -0.05) is 13.8 Å². The molecule has 106 valence electrons. The van der Waals surface area contributed by atoms with Gasteiger partial charge in [0, 0.05) is 32.6 Å². The molecule has 1 unspecified atom stereocenters. The minimum Gasteiger partial charge on any atom is -0.342 e. The van der Waals surface area contributed by atoms with E-state index in [-0.39, 0.29) is 24.3 Å². The zero-order valence-corrected chi connectivity index (χ0v) is 12.3. The summed E-state index contributed by atoms with van der Waals surface area (Å²) in [5, 5.41) is 3.14. The Hall–Kier alpha value is -1.10. The number of rotatable bonds is 8. The van der Waals surface area contributed by atoms with Crippen molar-refractivity contribution >= 4 is 11.8 Å². The molecule has 1 N–H and O–H groups in total. The second-order valence-corrected chi connectivity index (χ2v) is 4.47. The molecule has 2 amide bonds. The van der Waals surface area contributed by atoms with E-state index in [2.05, 4.69) is 5.32 Å². The van der Waals surface area contributed by atoms with Crippen molar-refractivity contribution in [2.45, 2.75) is 27.7 Å². The van der Waals surface area contributed by atoms with Crippen LogP contribution in [-0.4, -0.2) is 61.4 Å². The second kappa shape index (κ2) is 8.91. The fourth-order valence-corrected chi connectivity index (χ4v) is 1.78. The minimum atomic E-state index is -0.0977. The first-order valence-electron chi connectivity index (χ1n) is 6.71. The number of likely N-dealkylation sites (N-methyl/N-ethyl adjacent to an activating group) is 2. The highest BCUT2D eigenvalue weighted by atomic mass is 16.2. The highest BCUT2D eigenvalue weighted by Gasteiger charge is 2.20. The molecule has 0 rings (SSSR count). The molecule has 5 nitrogen and oxygen atoms in total. The predicted molar refractivity (Wildman–Crippen MR) is 73.3 cm³/mol. The van der Waals surface area contributed by atoms with Crippen LogP contribution in [0.25, 0.3) is 0 Å². The molecule has 0 radical (unpaired) electrons. The van der Waals surface area contributed by atoms with E-state index >= 15 is 0 Å². The van der Waals surface area contributed by atoms with Crippen molar-refractivity contribution in [1.82, 2.24) is 15.1 Å². The summed E-state index contributed by atoms with van der Waals surface area (Å²) in [6.45, 7) is 10.8. The van der Waals surface area contributed by atoms with Crippen molar-refractivity contribution < 1.29 is 9.59 Å². The molecule has 0 aliphatic heterocycles. The van der Waals surface area contributed by atoms with E-state index in [4.69, 9.17) is 0 Å². The van der Waals surface area contributed by atoms with Crippen LogP contribution in [0.1, 0.15) is 27.7 Å². The van der Waals surface area contributed by atoms with Gasteiger partial charge < -0.3 is 15.1 Å². The first kappa shape index (κ1) is 16.9. The van der Waals surface area contributed by atoms with E-state index in [9.17, 15) is 9.59 Å². The number of hydrogen-bond donors (Lipinski definition) is 1. The number of nitrogens with one attached hydrogen (secondary N) is 1. The lowest BCUT2D eigenvalue weighted by Crippen LogP contribution is -2.44. The Morgan fingerprint density at radius 2 is 1.72 bits per heavy atom. The maximum atomic E-state index is 12.0. The Morgan fingerprint density at radius 3 is 2.17 bits per heavy atom. The fraction of sp³-hybridized carbons (Fsp3) is 0.846. The number of carbonyl (C=O) groups is 2. The molecule has 5 heteroatoms. The molecule has 0 bridgehead atoms. The normalized spacial score (nSPS) is 12.1. The lowest BCUT2D eigenvalue weighted by atomic mass is 10.1. The van der Waals surface area contributed by atoms with E-state index in [1.165, 1.54) is 4.90 Å². The molecule has 18 heavy (non-hydrogen) atoms. The molecule has 0 aliphatic rings. The van der Waals surface area contributed by atoms with Crippen molar-refractivity contribution in [3.05, 3.63) is 0 Å². The van der Waals surface area contributed by atoms with Gasteiger partial charge in [0.2, 0.25) is 11.8 Å². The average molecular weight is 257 g/mol. The van der Waals surface area contributed by atoms with Crippen LogP contribution in [0.2, 0.25) is 0 Å². The molecule has 0 aromatic heterocycles. The molecule has 0 aromatic carbocycles. The van der Waals surface area contributed by atoms with Gasteiger partial charge in [-0.05, 0) is 20.4 Å². The van der Waals surface area contributed by atoms with Gasteiger partial charge in [-0.2, -0.15) is 0 Å². The van der Waals surface area contributed by atoms with Gasteiger partial charge in [-0.25, -0.2) is 0 Å². The van der Waals surface area contributed by atoms with E-state index in [0.29, 0.717) is 19.6 Å². The summed E-state index contributed by atoms with van der Waals surface area (Å²) in [5.74, 6) is -0.0811. The molecular weight excluding hydrogens is 230 g/mol. The molecule has 0 aliphatic carbocycles. The Kier molecular flexibility index (Phi) is 8.37. The van der Waals surface area contributed by atoms with Crippen LogP contribution in [0.4, 0.5) is 0 Å². The maximum Gasteiger partial charge on any atom is 0.242 e. The van der Waals surface area contributed by atoms with Crippen LogP contribution in [0.5, 0.6) is 0 Å². The van der Waals surface area contributed by atoms with Crippen LogP contribution >= 0.6 is 0 Å². The molecule has 0 aromatic rings. The third-order valence-corrected chi connectivity index (χ3v) is 2.99. The number of hydrogen-bond acceptors (Lipinski definition) is 3. The standard InChI is InChI=1S/C13H27N3O2/c1-6-14-9-11(4)13(18)15(5)10-12(17)16(7-2)8-3/h11,14H,6-10H2,1-5H3. The van der Waals surface area contributed by atoms with E-state index in [1.807, 2.05) is 27.7 Å². The number of amides is 2. The largest absolute Gasteiger partial charge is 0.342 e. The van der Waals surface area contributed by atoms with Gasteiger partial charge in [-0.3, -0.25) is 9.59 Å². The van der Waals surface area contributed by atoms with E-state index in [1.54, 1.807) is 11.9 Å². The summed E-state index contributed by atoms with van der Waals surface area (Å²) in [6, 6.07) is 0. The number of nitrogens with zero attached hydrogens (tertiary/aromatic N) is 2. The molecular formula is C13H27N3O2. The highest BCUT2D eigenvalue weighted by Crippen LogP contribution is 2.01. The molecule has 0 saturated heterocycles. The zero-order valence-electron chi connectivity index (χ0n) is 12.3. The zero-order chi connectivity index (χ0) is 14.1. The quantitative estimate of drug-likeness (QED) is 0.691. The second-order valence-electron chi connectivity index (χ2n) is 4.47. The van der Waals surface area contributed by atoms with Crippen molar-refractivity contribution in [2.75, 3.05) is 39.8 Å². The van der Waals surface area contributed by atoms with Gasteiger partial charge in [-0.15, -0.1) is 0 Å². The molecule has 0 saturated carbocycles.